The van der Waals surface area contributed by atoms with Crippen LogP contribution in [0.25, 0.3) is 0 Å². The van der Waals surface area contributed by atoms with Crippen molar-refractivity contribution >= 4 is 17.7 Å². The van der Waals surface area contributed by atoms with E-state index in [0.29, 0.717) is 18.7 Å². The number of nitrogens with one attached hydrogen (secondary N) is 1. The molecule has 4 heteroatoms. The Kier molecular flexibility index (Phi) is 6.73. The average molecular weight is 363 g/mol. The van der Waals surface area contributed by atoms with E-state index in [4.69, 9.17) is 4.74 Å². The molecule has 0 saturated heterocycles. The summed E-state index contributed by atoms with van der Waals surface area (Å²) in [6.45, 7) is 0.903. The normalized spacial score (nSPS) is 10.3. The van der Waals surface area contributed by atoms with Crippen LogP contribution < -0.4 is 10.1 Å². The summed E-state index contributed by atoms with van der Waals surface area (Å²) in [7, 11) is 0. The van der Waals surface area contributed by atoms with Gasteiger partial charge in [-0.15, -0.1) is 11.8 Å². The molecule has 3 aromatic rings. The zero-order valence-electron chi connectivity index (χ0n) is 14.4. The predicted octanol–water partition coefficient (Wildman–Crippen LogP) is 4.79. The molecular formula is C22H21NO2S. The van der Waals surface area contributed by atoms with Crippen LogP contribution in [0.4, 0.5) is 0 Å². The Morgan fingerprint density at radius 2 is 1.50 bits per heavy atom. The van der Waals surface area contributed by atoms with E-state index in [1.807, 2.05) is 72.8 Å². The number of carbonyl (C=O) groups excluding carboxylic acids is 1. The van der Waals surface area contributed by atoms with Gasteiger partial charge in [0.05, 0.1) is 12.1 Å². The predicted molar refractivity (Wildman–Crippen MR) is 107 cm³/mol. The second kappa shape index (κ2) is 9.68. The van der Waals surface area contributed by atoms with Gasteiger partial charge >= 0.3 is 0 Å². The monoisotopic (exact) mass is 363 g/mol. The summed E-state index contributed by atoms with van der Waals surface area (Å²) < 4.78 is 5.61. The van der Waals surface area contributed by atoms with Crippen molar-refractivity contribution < 1.29 is 9.53 Å². The molecule has 0 radical (unpaired) electrons. The molecule has 1 amide bonds. The second-order valence-corrected chi connectivity index (χ2v) is 6.71. The molecule has 3 nitrogen and oxygen atoms in total. The highest BCUT2D eigenvalue weighted by Gasteiger charge is 2.11. The van der Waals surface area contributed by atoms with Crippen LogP contribution >= 0.6 is 11.8 Å². The van der Waals surface area contributed by atoms with Gasteiger partial charge in [0.2, 0.25) is 0 Å². The van der Waals surface area contributed by atoms with Gasteiger partial charge in [0.15, 0.2) is 0 Å². The fourth-order valence-corrected chi connectivity index (χ4v) is 3.47. The topological polar surface area (TPSA) is 38.3 Å². The molecule has 0 atom stereocenters. The summed E-state index contributed by atoms with van der Waals surface area (Å²) >= 11 is 1.67. The van der Waals surface area contributed by atoms with Crippen LogP contribution in [0.1, 0.15) is 15.9 Å². The van der Waals surface area contributed by atoms with Crippen LogP contribution in [0, 0.1) is 0 Å². The fraction of sp³-hybridized carbons (Fsp3) is 0.136. The van der Waals surface area contributed by atoms with Crippen molar-refractivity contribution in [1.29, 1.82) is 0 Å². The lowest BCUT2D eigenvalue weighted by molar-refractivity contribution is 0.0944. The largest absolute Gasteiger partial charge is 0.492 e. The lowest BCUT2D eigenvalue weighted by Gasteiger charge is -2.11. The molecule has 0 aliphatic rings. The Balaban J connectivity index is 1.52. The van der Waals surface area contributed by atoms with Crippen LogP contribution in [0.2, 0.25) is 0 Å². The lowest BCUT2D eigenvalue weighted by atomic mass is 10.2. The summed E-state index contributed by atoms with van der Waals surface area (Å²) in [5, 5.41) is 2.93. The first-order valence-electron chi connectivity index (χ1n) is 8.55. The summed E-state index contributed by atoms with van der Waals surface area (Å²) in [6.07, 6.45) is 0. The molecule has 0 fully saturated rings. The molecule has 26 heavy (non-hydrogen) atoms. The van der Waals surface area contributed by atoms with E-state index >= 15 is 0 Å². The lowest BCUT2D eigenvalue weighted by Crippen LogP contribution is -2.28. The molecule has 0 bridgehead atoms. The van der Waals surface area contributed by atoms with Crippen molar-refractivity contribution in [1.82, 2.24) is 5.32 Å². The zero-order chi connectivity index (χ0) is 18.0. The minimum absolute atomic E-state index is 0.0715. The van der Waals surface area contributed by atoms with Gasteiger partial charge < -0.3 is 10.1 Å². The molecule has 0 unspecified atom stereocenters. The minimum Gasteiger partial charge on any atom is -0.492 e. The van der Waals surface area contributed by atoms with E-state index in [1.165, 1.54) is 5.56 Å². The van der Waals surface area contributed by atoms with Gasteiger partial charge in [-0.2, -0.15) is 0 Å². The Labute approximate surface area is 158 Å². The number of benzene rings is 3. The van der Waals surface area contributed by atoms with E-state index in [2.05, 4.69) is 17.4 Å². The fourth-order valence-electron chi connectivity index (χ4n) is 2.46. The first-order chi connectivity index (χ1) is 12.8. The number of thioether (sulfide) groups is 1. The first-order valence-corrected chi connectivity index (χ1v) is 9.53. The maximum Gasteiger partial charge on any atom is 0.252 e. The molecule has 0 saturated carbocycles. The van der Waals surface area contributed by atoms with Gasteiger partial charge in [0.25, 0.3) is 5.91 Å². The van der Waals surface area contributed by atoms with Gasteiger partial charge in [-0.1, -0.05) is 60.7 Å². The summed E-state index contributed by atoms with van der Waals surface area (Å²) in [6, 6.07) is 27.5. The van der Waals surface area contributed by atoms with Crippen molar-refractivity contribution in [3.63, 3.8) is 0 Å². The van der Waals surface area contributed by atoms with Gasteiger partial charge in [-0.05, 0) is 29.8 Å². The molecule has 0 aromatic heterocycles. The maximum absolute atomic E-state index is 12.5. The molecule has 0 heterocycles. The first kappa shape index (κ1) is 18.1. The third-order valence-corrected chi connectivity index (χ3v) is 4.91. The molecule has 0 spiro atoms. The van der Waals surface area contributed by atoms with E-state index in [9.17, 15) is 4.79 Å². The van der Waals surface area contributed by atoms with Crippen LogP contribution in [-0.2, 0) is 5.75 Å². The SMILES string of the molecule is O=C(NCCOc1ccccc1)c1ccccc1SCc1ccccc1. The van der Waals surface area contributed by atoms with Crippen LogP contribution in [-0.4, -0.2) is 19.1 Å². The number of hydrogen-bond donors (Lipinski definition) is 1. The summed E-state index contributed by atoms with van der Waals surface area (Å²) in [5.74, 6) is 1.57. The van der Waals surface area contributed by atoms with Crippen molar-refractivity contribution in [2.75, 3.05) is 13.2 Å². The summed E-state index contributed by atoms with van der Waals surface area (Å²) in [4.78, 5) is 13.5. The molecule has 3 aromatic carbocycles. The van der Waals surface area contributed by atoms with Gasteiger partial charge in [0.1, 0.15) is 12.4 Å². The van der Waals surface area contributed by atoms with E-state index in [1.54, 1.807) is 11.8 Å². The van der Waals surface area contributed by atoms with Gasteiger partial charge in [-0.3, -0.25) is 4.79 Å². The van der Waals surface area contributed by atoms with Crippen LogP contribution in [0.15, 0.2) is 89.8 Å². The van der Waals surface area contributed by atoms with E-state index < -0.39 is 0 Å². The quantitative estimate of drug-likeness (QED) is 0.462. The van der Waals surface area contributed by atoms with Crippen LogP contribution in [0.3, 0.4) is 0 Å². The minimum atomic E-state index is -0.0715. The number of ether oxygens (including phenoxy) is 1. The van der Waals surface area contributed by atoms with E-state index in [0.717, 1.165) is 16.4 Å². The average Bonchev–Trinajstić information content (AvgIpc) is 2.71. The number of rotatable bonds is 8. The van der Waals surface area contributed by atoms with Crippen molar-refractivity contribution in [3.8, 4) is 5.75 Å². The molecule has 132 valence electrons. The Hall–Kier alpha value is -2.72. The second-order valence-electron chi connectivity index (χ2n) is 5.69. The van der Waals surface area contributed by atoms with Gasteiger partial charge in [0, 0.05) is 10.6 Å². The third kappa shape index (κ3) is 5.39. The third-order valence-electron chi connectivity index (χ3n) is 3.77. The Morgan fingerprint density at radius 1 is 0.846 bits per heavy atom. The number of para-hydroxylation sites is 1. The number of amides is 1. The smallest absolute Gasteiger partial charge is 0.252 e. The molecule has 3 rings (SSSR count). The summed E-state index contributed by atoms with van der Waals surface area (Å²) in [5.41, 5.74) is 1.94. The molecular weight excluding hydrogens is 342 g/mol. The molecule has 0 aliphatic carbocycles. The van der Waals surface area contributed by atoms with Crippen molar-refractivity contribution in [2.24, 2.45) is 0 Å². The number of carbonyl (C=O) groups is 1. The highest BCUT2D eigenvalue weighted by Crippen LogP contribution is 2.26. The zero-order valence-corrected chi connectivity index (χ0v) is 15.2. The van der Waals surface area contributed by atoms with Crippen molar-refractivity contribution in [3.05, 3.63) is 96.1 Å². The molecule has 0 aliphatic heterocycles. The van der Waals surface area contributed by atoms with E-state index in [-0.39, 0.29) is 5.91 Å². The Morgan fingerprint density at radius 3 is 2.27 bits per heavy atom. The maximum atomic E-state index is 12.5. The highest BCUT2D eigenvalue weighted by atomic mass is 32.2. The van der Waals surface area contributed by atoms with Gasteiger partial charge in [-0.25, -0.2) is 0 Å². The number of hydrogen-bond acceptors (Lipinski definition) is 3. The standard InChI is InChI=1S/C22H21NO2S/c24-22(23-15-16-25-19-11-5-2-6-12-19)20-13-7-8-14-21(20)26-17-18-9-3-1-4-10-18/h1-14H,15-17H2,(H,23,24). The van der Waals surface area contributed by atoms with Crippen LogP contribution in [0.5, 0.6) is 5.75 Å². The van der Waals surface area contributed by atoms with Crippen molar-refractivity contribution in [2.45, 2.75) is 10.6 Å². The highest BCUT2D eigenvalue weighted by molar-refractivity contribution is 7.98. The molecule has 1 N–H and O–H groups in total. The Bertz CT molecular complexity index is 822.